The summed E-state index contributed by atoms with van der Waals surface area (Å²) in [5.41, 5.74) is 0. The Hall–Kier alpha value is -0.610. The van der Waals surface area contributed by atoms with Crippen molar-refractivity contribution in [3.63, 3.8) is 0 Å². The number of hydrogen-bond acceptors (Lipinski definition) is 3. The van der Waals surface area contributed by atoms with E-state index in [1.165, 1.54) is 0 Å². The summed E-state index contributed by atoms with van der Waals surface area (Å²) < 4.78 is 0. The average molecular weight is 226 g/mol. The Labute approximate surface area is 97.0 Å². The van der Waals surface area contributed by atoms with Gasteiger partial charge in [-0.05, 0) is 57.8 Å². The third-order valence-corrected chi connectivity index (χ3v) is 4.17. The normalized spacial score (nSPS) is 33.8. The average Bonchev–Trinajstić information content (AvgIpc) is 2.29. The molecule has 4 heteroatoms. The molecule has 0 aliphatic carbocycles. The van der Waals surface area contributed by atoms with Crippen LogP contribution >= 0.6 is 0 Å². The molecule has 0 amide bonds. The van der Waals surface area contributed by atoms with Crippen LogP contribution in [-0.4, -0.2) is 49.2 Å². The third-order valence-electron chi connectivity index (χ3n) is 4.17. The summed E-state index contributed by atoms with van der Waals surface area (Å²) in [6, 6.07) is 0. The highest BCUT2D eigenvalue weighted by Gasteiger charge is 2.37. The minimum atomic E-state index is -0.586. The molecule has 2 heterocycles. The Balaban J connectivity index is 2.03. The molecule has 0 aromatic carbocycles. The molecule has 2 N–H and O–H groups in total. The Bertz CT molecular complexity index is 251. The van der Waals surface area contributed by atoms with E-state index in [0.29, 0.717) is 11.8 Å². The highest BCUT2D eigenvalue weighted by molar-refractivity contribution is 5.70. The summed E-state index contributed by atoms with van der Waals surface area (Å²) >= 11 is 0. The first-order valence-electron chi connectivity index (χ1n) is 6.30. The van der Waals surface area contributed by atoms with Crippen LogP contribution in [0.3, 0.4) is 0 Å². The molecule has 92 valence electrons. The van der Waals surface area contributed by atoms with Gasteiger partial charge in [0.25, 0.3) is 0 Å². The van der Waals surface area contributed by atoms with Crippen molar-refractivity contribution in [3.8, 4) is 0 Å². The molecular formula is C12H22N2O2. The van der Waals surface area contributed by atoms with Crippen LogP contribution in [-0.2, 0) is 4.79 Å². The number of carboxylic acids is 1. The lowest BCUT2D eigenvalue weighted by Crippen LogP contribution is -2.46. The Morgan fingerprint density at radius 2 is 2.00 bits per heavy atom. The van der Waals surface area contributed by atoms with Crippen LogP contribution < -0.4 is 5.32 Å². The van der Waals surface area contributed by atoms with Crippen molar-refractivity contribution in [2.24, 2.45) is 17.8 Å². The van der Waals surface area contributed by atoms with Crippen LogP contribution in [0.1, 0.15) is 19.3 Å². The maximum atomic E-state index is 11.3. The quantitative estimate of drug-likeness (QED) is 0.725. The van der Waals surface area contributed by atoms with Crippen molar-refractivity contribution in [2.75, 3.05) is 33.2 Å². The van der Waals surface area contributed by atoms with Crippen molar-refractivity contribution in [2.45, 2.75) is 19.3 Å². The second-order valence-corrected chi connectivity index (χ2v) is 5.25. The molecule has 0 bridgehead atoms. The molecule has 0 spiro atoms. The zero-order valence-corrected chi connectivity index (χ0v) is 9.98. The third kappa shape index (κ3) is 2.55. The summed E-state index contributed by atoms with van der Waals surface area (Å²) in [5, 5.41) is 12.6. The van der Waals surface area contributed by atoms with E-state index in [2.05, 4.69) is 17.3 Å². The maximum absolute atomic E-state index is 11.3. The van der Waals surface area contributed by atoms with Crippen LogP contribution in [0.25, 0.3) is 0 Å². The lowest BCUT2D eigenvalue weighted by Gasteiger charge is -2.40. The minimum Gasteiger partial charge on any atom is -0.481 e. The smallest absolute Gasteiger partial charge is 0.306 e. The number of carboxylic acid groups (broad SMARTS) is 1. The van der Waals surface area contributed by atoms with Crippen molar-refractivity contribution >= 4 is 5.97 Å². The zero-order chi connectivity index (χ0) is 11.5. The maximum Gasteiger partial charge on any atom is 0.306 e. The van der Waals surface area contributed by atoms with E-state index in [1.807, 2.05) is 0 Å². The van der Waals surface area contributed by atoms with Gasteiger partial charge in [-0.2, -0.15) is 0 Å². The molecule has 16 heavy (non-hydrogen) atoms. The number of carbonyl (C=O) groups is 1. The molecule has 2 saturated heterocycles. The fourth-order valence-corrected chi connectivity index (χ4v) is 3.21. The second kappa shape index (κ2) is 5.15. The Morgan fingerprint density at radius 1 is 1.31 bits per heavy atom. The van der Waals surface area contributed by atoms with Crippen molar-refractivity contribution in [1.82, 2.24) is 10.2 Å². The first-order valence-corrected chi connectivity index (χ1v) is 6.30. The number of nitrogens with zero attached hydrogens (tertiary/aromatic N) is 1. The van der Waals surface area contributed by atoms with Gasteiger partial charge in [-0.1, -0.05) is 0 Å². The van der Waals surface area contributed by atoms with Crippen LogP contribution in [0.2, 0.25) is 0 Å². The van der Waals surface area contributed by atoms with Crippen LogP contribution in [0, 0.1) is 17.8 Å². The summed E-state index contributed by atoms with van der Waals surface area (Å²) in [7, 11) is 2.10. The van der Waals surface area contributed by atoms with Crippen molar-refractivity contribution in [1.29, 1.82) is 0 Å². The number of piperidine rings is 2. The Kier molecular flexibility index (Phi) is 3.82. The Morgan fingerprint density at radius 3 is 2.62 bits per heavy atom. The van der Waals surface area contributed by atoms with E-state index >= 15 is 0 Å². The predicted molar refractivity (Wildman–Crippen MR) is 62.3 cm³/mol. The highest BCUT2D eigenvalue weighted by Crippen LogP contribution is 2.33. The summed E-state index contributed by atoms with van der Waals surface area (Å²) in [6.07, 6.45) is 3.10. The van der Waals surface area contributed by atoms with Crippen LogP contribution in [0.15, 0.2) is 0 Å². The van der Waals surface area contributed by atoms with Crippen molar-refractivity contribution in [3.05, 3.63) is 0 Å². The largest absolute Gasteiger partial charge is 0.481 e. The molecule has 2 rings (SSSR count). The van der Waals surface area contributed by atoms with Gasteiger partial charge < -0.3 is 15.3 Å². The topological polar surface area (TPSA) is 52.6 Å². The molecule has 0 radical (unpaired) electrons. The van der Waals surface area contributed by atoms with Gasteiger partial charge in [-0.25, -0.2) is 0 Å². The molecule has 2 unspecified atom stereocenters. The van der Waals surface area contributed by atoms with E-state index in [-0.39, 0.29) is 5.92 Å². The first kappa shape index (κ1) is 11.9. The standard InChI is InChI=1S/C12H22N2O2/c1-14-7-4-10(12(15)16)11(8-14)9-2-5-13-6-3-9/h9-11,13H,2-8H2,1H3,(H,15,16). The molecule has 2 fully saturated rings. The van der Waals surface area contributed by atoms with Gasteiger partial charge in [-0.3, -0.25) is 4.79 Å². The van der Waals surface area contributed by atoms with E-state index < -0.39 is 5.97 Å². The summed E-state index contributed by atoms with van der Waals surface area (Å²) in [5.74, 6) is 0.263. The van der Waals surface area contributed by atoms with Gasteiger partial charge in [0, 0.05) is 6.54 Å². The van der Waals surface area contributed by atoms with E-state index in [0.717, 1.165) is 45.4 Å². The van der Waals surface area contributed by atoms with Crippen molar-refractivity contribution < 1.29 is 9.90 Å². The summed E-state index contributed by atoms with van der Waals surface area (Å²) in [6.45, 7) is 3.99. The van der Waals surface area contributed by atoms with Gasteiger partial charge in [-0.15, -0.1) is 0 Å². The van der Waals surface area contributed by atoms with Crippen LogP contribution in [0.5, 0.6) is 0 Å². The molecule has 2 aliphatic rings. The number of aliphatic carboxylic acids is 1. The zero-order valence-electron chi connectivity index (χ0n) is 9.98. The minimum absolute atomic E-state index is 0.112. The molecule has 2 aliphatic heterocycles. The fraction of sp³-hybridized carbons (Fsp3) is 0.917. The monoisotopic (exact) mass is 226 g/mol. The second-order valence-electron chi connectivity index (χ2n) is 5.25. The van der Waals surface area contributed by atoms with Gasteiger partial charge in [0.2, 0.25) is 0 Å². The SMILES string of the molecule is CN1CCC(C(=O)O)C(C2CCNCC2)C1. The fourth-order valence-electron chi connectivity index (χ4n) is 3.21. The number of hydrogen-bond donors (Lipinski definition) is 2. The number of nitrogens with one attached hydrogen (secondary N) is 1. The molecule has 0 aromatic rings. The molecule has 0 aromatic heterocycles. The van der Waals surface area contributed by atoms with E-state index in [9.17, 15) is 9.90 Å². The number of rotatable bonds is 2. The molecule has 0 saturated carbocycles. The van der Waals surface area contributed by atoms with Gasteiger partial charge in [0.1, 0.15) is 0 Å². The summed E-state index contributed by atoms with van der Waals surface area (Å²) in [4.78, 5) is 13.6. The van der Waals surface area contributed by atoms with Crippen LogP contribution in [0.4, 0.5) is 0 Å². The number of likely N-dealkylation sites (tertiary alicyclic amines) is 1. The molecule has 4 nitrogen and oxygen atoms in total. The molecular weight excluding hydrogens is 204 g/mol. The molecule has 2 atom stereocenters. The lowest BCUT2D eigenvalue weighted by molar-refractivity contribution is -0.147. The van der Waals surface area contributed by atoms with Gasteiger partial charge in [0.15, 0.2) is 0 Å². The van der Waals surface area contributed by atoms with Gasteiger partial charge in [0.05, 0.1) is 5.92 Å². The van der Waals surface area contributed by atoms with E-state index in [1.54, 1.807) is 0 Å². The first-order chi connectivity index (χ1) is 7.68. The van der Waals surface area contributed by atoms with Gasteiger partial charge >= 0.3 is 5.97 Å². The predicted octanol–water partition coefficient (Wildman–Crippen LogP) is 0.639. The lowest BCUT2D eigenvalue weighted by atomic mass is 9.73. The van der Waals surface area contributed by atoms with E-state index in [4.69, 9.17) is 0 Å². The highest BCUT2D eigenvalue weighted by atomic mass is 16.4.